The molecule has 108 valence electrons. The summed E-state index contributed by atoms with van der Waals surface area (Å²) in [6.07, 6.45) is 3.38. The van der Waals surface area contributed by atoms with Crippen molar-refractivity contribution in [1.29, 1.82) is 5.26 Å². The number of para-hydroxylation sites is 1. The van der Waals surface area contributed by atoms with E-state index in [4.69, 9.17) is 4.74 Å². The van der Waals surface area contributed by atoms with Gasteiger partial charge in [-0.2, -0.15) is 5.26 Å². The lowest BCUT2D eigenvalue weighted by molar-refractivity contribution is 0.400. The van der Waals surface area contributed by atoms with Crippen LogP contribution in [0.15, 0.2) is 29.2 Å². The summed E-state index contributed by atoms with van der Waals surface area (Å²) < 4.78 is 5.38. The number of hydrogen-bond acceptors (Lipinski definition) is 4. The number of nitrogens with one attached hydrogen (secondary N) is 1. The molecule has 1 unspecified atom stereocenters. The zero-order chi connectivity index (χ0) is 14.4. The number of rotatable bonds is 8. The van der Waals surface area contributed by atoms with E-state index in [0.29, 0.717) is 5.92 Å². The maximum Gasteiger partial charge on any atom is 0.132 e. The van der Waals surface area contributed by atoms with Crippen molar-refractivity contribution in [3.63, 3.8) is 0 Å². The Hall–Kier alpha value is -1.18. The predicted octanol–water partition coefficient (Wildman–Crippen LogP) is 3.46. The second-order valence-electron chi connectivity index (χ2n) is 5.22. The van der Waals surface area contributed by atoms with Gasteiger partial charge >= 0.3 is 0 Å². The molecule has 2 rings (SSSR count). The summed E-state index contributed by atoms with van der Waals surface area (Å²) >= 11 is 1.71. The Bertz CT molecular complexity index is 482. The van der Waals surface area contributed by atoms with Gasteiger partial charge in [-0.15, -0.1) is 11.8 Å². The molecular formula is C16H22N2OS. The number of nitriles is 1. The topological polar surface area (TPSA) is 45.0 Å². The first-order chi connectivity index (χ1) is 9.75. The van der Waals surface area contributed by atoms with Crippen LogP contribution in [-0.4, -0.2) is 24.9 Å². The molecule has 1 aliphatic rings. The average Bonchev–Trinajstić information content (AvgIpc) is 3.33. The summed E-state index contributed by atoms with van der Waals surface area (Å²) in [7, 11) is 1.69. The highest BCUT2D eigenvalue weighted by molar-refractivity contribution is 7.99. The van der Waals surface area contributed by atoms with Crippen LogP contribution >= 0.6 is 11.8 Å². The first-order valence-corrected chi connectivity index (χ1v) is 8.16. The minimum Gasteiger partial charge on any atom is -0.496 e. The number of ether oxygens (including phenoxy) is 1. The van der Waals surface area contributed by atoms with Crippen molar-refractivity contribution >= 4 is 11.8 Å². The van der Waals surface area contributed by atoms with E-state index in [9.17, 15) is 5.26 Å². The van der Waals surface area contributed by atoms with Crippen LogP contribution in [0.25, 0.3) is 0 Å². The van der Waals surface area contributed by atoms with Crippen LogP contribution in [0.1, 0.15) is 26.2 Å². The molecule has 0 aliphatic heterocycles. The van der Waals surface area contributed by atoms with Crippen molar-refractivity contribution in [3.05, 3.63) is 24.3 Å². The Balaban J connectivity index is 2.07. The molecule has 0 amide bonds. The smallest absolute Gasteiger partial charge is 0.132 e. The number of thioether (sulfide) groups is 1. The van der Waals surface area contributed by atoms with Gasteiger partial charge in [-0.25, -0.2) is 0 Å². The van der Waals surface area contributed by atoms with Gasteiger partial charge in [0.05, 0.1) is 13.2 Å². The third-order valence-corrected chi connectivity index (χ3v) is 4.94. The van der Waals surface area contributed by atoms with Gasteiger partial charge in [0.15, 0.2) is 0 Å². The lowest BCUT2D eigenvalue weighted by Crippen LogP contribution is -2.48. The van der Waals surface area contributed by atoms with Gasteiger partial charge < -0.3 is 4.74 Å². The molecule has 0 saturated heterocycles. The van der Waals surface area contributed by atoms with Gasteiger partial charge in [0, 0.05) is 10.6 Å². The van der Waals surface area contributed by atoms with Crippen LogP contribution < -0.4 is 10.1 Å². The van der Waals surface area contributed by atoms with Crippen LogP contribution in [0.2, 0.25) is 0 Å². The highest BCUT2D eigenvalue weighted by atomic mass is 32.2. The van der Waals surface area contributed by atoms with Crippen LogP contribution in [0.3, 0.4) is 0 Å². The maximum atomic E-state index is 9.66. The van der Waals surface area contributed by atoms with Gasteiger partial charge in [-0.05, 0) is 43.9 Å². The highest BCUT2D eigenvalue weighted by Crippen LogP contribution is 2.43. The minimum absolute atomic E-state index is 0.387. The molecule has 1 aliphatic carbocycles. The van der Waals surface area contributed by atoms with E-state index in [1.54, 1.807) is 18.9 Å². The van der Waals surface area contributed by atoms with Crippen molar-refractivity contribution < 1.29 is 4.74 Å². The molecule has 1 N–H and O–H groups in total. The Labute approximate surface area is 125 Å². The summed E-state index contributed by atoms with van der Waals surface area (Å²) in [5.41, 5.74) is -0.387. The summed E-state index contributed by atoms with van der Waals surface area (Å²) in [5, 5.41) is 13.1. The summed E-state index contributed by atoms with van der Waals surface area (Å²) in [4.78, 5) is 1.11. The molecule has 3 nitrogen and oxygen atoms in total. The van der Waals surface area contributed by atoms with Crippen LogP contribution in [0, 0.1) is 17.2 Å². The lowest BCUT2D eigenvalue weighted by Gasteiger charge is -2.28. The molecule has 1 fully saturated rings. The van der Waals surface area contributed by atoms with E-state index in [1.807, 2.05) is 18.2 Å². The largest absolute Gasteiger partial charge is 0.496 e. The van der Waals surface area contributed by atoms with Crippen molar-refractivity contribution in [2.24, 2.45) is 5.92 Å². The minimum atomic E-state index is -0.387. The summed E-state index contributed by atoms with van der Waals surface area (Å²) in [5.74, 6) is 2.16. The zero-order valence-electron chi connectivity index (χ0n) is 12.2. The Morgan fingerprint density at radius 3 is 2.80 bits per heavy atom. The summed E-state index contributed by atoms with van der Waals surface area (Å²) in [6, 6.07) is 10.5. The lowest BCUT2D eigenvalue weighted by atomic mass is 9.97. The predicted molar refractivity (Wildman–Crippen MR) is 83.1 cm³/mol. The molecule has 1 aromatic rings. The number of hydrogen-bond donors (Lipinski definition) is 1. The van der Waals surface area contributed by atoms with Crippen LogP contribution in [0.4, 0.5) is 0 Å². The second kappa shape index (κ2) is 7.01. The number of methoxy groups -OCH3 is 1. The molecule has 0 bridgehead atoms. The molecule has 1 saturated carbocycles. The Morgan fingerprint density at radius 1 is 1.45 bits per heavy atom. The third kappa shape index (κ3) is 3.47. The van der Waals surface area contributed by atoms with E-state index in [2.05, 4.69) is 24.4 Å². The fraction of sp³-hybridized carbons (Fsp3) is 0.562. The molecule has 0 aromatic heterocycles. The Kier molecular flexibility index (Phi) is 5.33. The molecule has 1 atom stereocenters. The van der Waals surface area contributed by atoms with Gasteiger partial charge in [0.1, 0.15) is 11.3 Å². The molecule has 1 aromatic carbocycles. The molecule has 0 radical (unpaired) electrons. The number of nitrogens with zero attached hydrogens (tertiary/aromatic N) is 1. The van der Waals surface area contributed by atoms with Crippen molar-refractivity contribution in [2.45, 2.75) is 36.6 Å². The quantitative estimate of drug-likeness (QED) is 0.745. The summed E-state index contributed by atoms with van der Waals surface area (Å²) in [6.45, 7) is 3.03. The highest BCUT2D eigenvalue weighted by Gasteiger charge is 2.45. The van der Waals surface area contributed by atoms with Crippen molar-refractivity contribution in [1.82, 2.24) is 5.32 Å². The third-order valence-electron chi connectivity index (χ3n) is 3.69. The van der Waals surface area contributed by atoms with E-state index in [0.717, 1.165) is 42.2 Å². The van der Waals surface area contributed by atoms with Crippen LogP contribution in [-0.2, 0) is 0 Å². The molecule has 0 spiro atoms. The zero-order valence-corrected chi connectivity index (χ0v) is 13.0. The monoisotopic (exact) mass is 290 g/mol. The molecule has 4 heteroatoms. The molecular weight excluding hydrogens is 268 g/mol. The van der Waals surface area contributed by atoms with Gasteiger partial charge in [0.25, 0.3) is 0 Å². The fourth-order valence-electron chi connectivity index (χ4n) is 2.33. The van der Waals surface area contributed by atoms with Crippen molar-refractivity contribution in [2.75, 3.05) is 19.4 Å². The molecule has 20 heavy (non-hydrogen) atoms. The maximum absolute atomic E-state index is 9.66. The van der Waals surface area contributed by atoms with E-state index >= 15 is 0 Å². The van der Waals surface area contributed by atoms with E-state index < -0.39 is 0 Å². The first-order valence-electron chi connectivity index (χ1n) is 7.18. The van der Waals surface area contributed by atoms with E-state index in [-0.39, 0.29) is 5.54 Å². The second-order valence-corrected chi connectivity index (χ2v) is 6.24. The fourth-order valence-corrected chi connectivity index (χ4v) is 3.58. The average molecular weight is 290 g/mol. The van der Waals surface area contributed by atoms with Gasteiger partial charge in [0.2, 0.25) is 0 Å². The first kappa shape index (κ1) is 15.2. The van der Waals surface area contributed by atoms with Gasteiger partial charge in [-0.1, -0.05) is 19.1 Å². The van der Waals surface area contributed by atoms with Crippen LogP contribution in [0.5, 0.6) is 5.75 Å². The SMILES string of the molecule is CCCNC(C#N)(CSc1ccccc1OC)C1CC1. The van der Waals surface area contributed by atoms with Crippen molar-refractivity contribution in [3.8, 4) is 11.8 Å². The van der Waals surface area contributed by atoms with E-state index in [1.165, 1.54) is 0 Å². The Morgan fingerprint density at radius 2 is 2.20 bits per heavy atom. The molecule has 0 heterocycles. The van der Waals surface area contributed by atoms with Gasteiger partial charge in [-0.3, -0.25) is 5.32 Å². The normalized spacial score (nSPS) is 17.2. The standard InChI is InChI=1S/C16H22N2OS/c1-3-10-18-16(11-17,13-8-9-13)12-20-15-7-5-4-6-14(15)19-2/h4-7,13,18H,3,8-10,12H2,1-2H3. The number of benzene rings is 1.